The topological polar surface area (TPSA) is 91.4 Å². The SMILES string of the molecule is CC(C)C[C@H](NC(=O)c1ccc2ccccc2n1)C(=O)NC1CCCN(Cc2ccccc2)CC1=O. The Morgan fingerprint density at radius 1 is 1.03 bits per heavy atom. The summed E-state index contributed by atoms with van der Waals surface area (Å²) in [6.07, 6.45) is 1.86. The average Bonchev–Trinajstić information content (AvgIpc) is 3.04. The maximum atomic E-state index is 13.2. The third-order valence-electron chi connectivity index (χ3n) is 6.46. The van der Waals surface area contributed by atoms with Crippen LogP contribution in [0.3, 0.4) is 0 Å². The van der Waals surface area contributed by atoms with Gasteiger partial charge in [0.25, 0.3) is 5.91 Å². The first-order chi connectivity index (χ1) is 17.4. The van der Waals surface area contributed by atoms with Crippen LogP contribution in [0.5, 0.6) is 0 Å². The van der Waals surface area contributed by atoms with E-state index in [2.05, 4.69) is 32.7 Å². The number of para-hydroxylation sites is 1. The molecule has 2 amide bonds. The Hall–Kier alpha value is -3.58. The summed E-state index contributed by atoms with van der Waals surface area (Å²) in [6, 6.07) is 19.9. The molecule has 7 nitrogen and oxygen atoms in total. The Morgan fingerprint density at radius 3 is 2.56 bits per heavy atom. The van der Waals surface area contributed by atoms with E-state index < -0.39 is 18.0 Å². The fraction of sp³-hybridized carbons (Fsp3) is 0.379. The molecule has 188 valence electrons. The Labute approximate surface area is 212 Å². The number of nitrogens with zero attached hydrogens (tertiary/aromatic N) is 2. The van der Waals surface area contributed by atoms with E-state index in [9.17, 15) is 14.4 Å². The maximum Gasteiger partial charge on any atom is 0.270 e. The number of hydrogen-bond donors (Lipinski definition) is 2. The molecule has 0 bridgehead atoms. The normalized spacial score (nSPS) is 17.5. The van der Waals surface area contributed by atoms with E-state index in [-0.39, 0.29) is 23.3 Å². The van der Waals surface area contributed by atoms with Gasteiger partial charge in [-0.15, -0.1) is 0 Å². The van der Waals surface area contributed by atoms with Gasteiger partial charge in [-0.25, -0.2) is 4.98 Å². The minimum atomic E-state index is -0.748. The molecule has 2 aromatic carbocycles. The largest absolute Gasteiger partial charge is 0.344 e. The lowest BCUT2D eigenvalue weighted by Gasteiger charge is -2.23. The number of carbonyl (C=O) groups excluding carboxylic acids is 3. The van der Waals surface area contributed by atoms with Crippen molar-refractivity contribution in [2.45, 2.75) is 51.7 Å². The quantitative estimate of drug-likeness (QED) is 0.506. The molecule has 0 aliphatic carbocycles. The molecule has 1 aliphatic heterocycles. The molecule has 7 heteroatoms. The van der Waals surface area contributed by atoms with Crippen LogP contribution in [-0.2, 0) is 16.1 Å². The van der Waals surface area contributed by atoms with Crippen LogP contribution in [-0.4, -0.2) is 52.7 Å². The second-order valence-corrected chi connectivity index (χ2v) is 9.91. The molecule has 1 saturated heterocycles. The molecular formula is C29H34N4O3. The second kappa shape index (κ2) is 11.9. The Kier molecular flexibility index (Phi) is 8.44. The Bertz CT molecular complexity index is 1210. The summed E-state index contributed by atoms with van der Waals surface area (Å²) < 4.78 is 0. The van der Waals surface area contributed by atoms with E-state index in [1.54, 1.807) is 6.07 Å². The number of hydrogen-bond acceptors (Lipinski definition) is 5. The van der Waals surface area contributed by atoms with Crippen LogP contribution in [0.1, 0.15) is 49.2 Å². The summed E-state index contributed by atoms with van der Waals surface area (Å²) in [6.45, 7) is 5.80. The molecule has 0 saturated carbocycles. The first-order valence-electron chi connectivity index (χ1n) is 12.6. The summed E-state index contributed by atoms with van der Waals surface area (Å²) in [5.74, 6) is -0.546. The zero-order valence-electron chi connectivity index (χ0n) is 20.9. The fourth-order valence-corrected chi connectivity index (χ4v) is 4.62. The molecule has 36 heavy (non-hydrogen) atoms. The molecule has 2 heterocycles. The van der Waals surface area contributed by atoms with Gasteiger partial charge in [0.05, 0.1) is 18.1 Å². The summed E-state index contributed by atoms with van der Waals surface area (Å²) in [5, 5.41) is 6.73. The highest BCUT2D eigenvalue weighted by molar-refractivity contribution is 5.99. The van der Waals surface area contributed by atoms with Crippen molar-refractivity contribution in [1.82, 2.24) is 20.5 Å². The van der Waals surface area contributed by atoms with Crippen molar-refractivity contribution in [3.63, 3.8) is 0 Å². The van der Waals surface area contributed by atoms with Crippen LogP contribution in [0, 0.1) is 5.92 Å². The van der Waals surface area contributed by atoms with Gasteiger partial charge < -0.3 is 10.6 Å². The predicted octanol–water partition coefficient (Wildman–Crippen LogP) is 3.73. The average molecular weight is 487 g/mol. The van der Waals surface area contributed by atoms with E-state index in [1.165, 1.54) is 0 Å². The van der Waals surface area contributed by atoms with Gasteiger partial charge in [0.2, 0.25) is 5.91 Å². The zero-order chi connectivity index (χ0) is 25.5. The standard InChI is InChI=1S/C29H34N4O3/c1-20(2)17-26(32-28(35)25-15-14-22-11-6-7-12-23(22)30-25)29(36)31-24-13-8-16-33(19-27(24)34)18-21-9-4-3-5-10-21/h3-7,9-12,14-15,20,24,26H,8,13,16-19H2,1-2H3,(H,31,36)(H,32,35)/t24?,26-/m0/s1. The van der Waals surface area contributed by atoms with Crippen LogP contribution in [0.2, 0.25) is 0 Å². The van der Waals surface area contributed by atoms with Crippen LogP contribution >= 0.6 is 0 Å². The molecule has 0 radical (unpaired) electrons. The second-order valence-electron chi connectivity index (χ2n) is 9.91. The molecule has 0 spiro atoms. The lowest BCUT2D eigenvalue weighted by molar-refractivity contribution is -0.129. The van der Waals surface area contributed by atoms with Crippen LogP contribution < -0.4 is 10.6 Å². The van der Waals surface area contributed by atoms with Crippen molar-refractivity contribution >= 4 is 28.5 Å². The van der Waals surface area contributed by atoms with E-state index in [0.29, 0.717) is 25.9 Å². The summed E-state index contributed by atoms with van der Waals surface area (Å²) >= 11 is 0. The van der Waals surface area contributed by atoms with Crippen molar-refractivity contribution in [2.75, 3.05) is 13.1 Å². The van der Waals surface area contributed by atoms with Gasteiger partial charge in [0.1, 0.15) is 11.7 Å². The molecule has 1 aliphatic rings. The molecule has 1 unspecified atom stereocenters. The van der Waals surface area contributed by atoms with Crippen molar-refractivity contribution in [3.8, 4) is 0 Å². The highest BCUT2D eigenvalue weighted by Gasteiger charge is 2.30. The molecule has 2 N–H and O–H groups in total. The number of aromatic nitrogens is 1. The smallest absolute Gasteiger partial charge is 0.270 e. The monoisotopic (exact) mass is 486 g/mol. The van der Waals surface area contributed by atoms with Gasteiger partial charge in [0, 0.05) is 11.9 Å². The number of amides is 2. The summed E-state index contributed by atoms with van der Waals surface area (Å²) in [4.78, 5) is 45.8. The molecular weight excluding hydrogens is 452 g/mol. The molecule has 3 aromatic rings. The summed E-state index contributed by atoms with van der Waals surface area (Å²) in [5.41, 5.74) is 2.14. The third kappa shape index (κ3) is 6.76. The van der Waals surface area contributed by atoms with E-state index >= 15 is 0 Å². The number of likely N-dealkylation sites (tertiary alicyclic amines) is 1. The van der Waals surface area contributed by atoms with E-state index in [1.807, 2.05) is 62.4 Å². The van der Waals surface area contributed by atoms with Crippen LogP contribution in [0.4, 0.5) is 0 Å². The molecule has 4 rings (SSSR count). The number of benzene rings is 2. The third-order valence-corrected chi connectivity index (χ3v) is 6.46. The summed E-state index contributed by atoms with van der Waals surface area (Å²) in [7, 11) is 0. The number of rotatable bonds is 8. The lowest BCUT2D eigenvalue weighted by Crippen LogP contribution is -2.52. The van der Waals surface area contributed by atoms with Gasteiger partial charge in [-0.1, -0.05) is 68.4 Å². The number of fused-ring (bicyclic) bond motifs is 1. The van der Waals surface area contributed by atoms with Gasteiger partial charge in [-0.05, 0) is 49.4 Å². The van der Waals surface area contributed by atoms with Gasteiger partial charge in [0.15, 0.2) is 5.78 Å². The highest BCUT2D eigenvalue weighted by atomic mass is 16.2. The van der Waals surface area contributed by atoms with E-state index in [0.717, 1.165) is 29.4 Å². The van der Waals surface area contributed by atoms with E-state index in [4.69, 9.17) is 0 Å². The number of pyridine rings is 1. The first-order valence-corrected chi connectivity index (χ1v) is 12.6. The van der Waals surface area contributed by atoms with Gasteiger partial charge in [-0.2, -0.15) is 0 Å². The number of carbonyl (C=O) groups is 3. The van der Waals surface area contributed by atoms with Gasteiger partial charge >= 0.3 is 0 Å². The minimum absolute atomic E-state index is 0.00241. The molecule has 1 aromatic heterocycles. The lowest BCUT2D eigenvalue weighted by atomic mass is 10.0. The van der Waals surface area contributed by atoms with Crippen molar-refractivity contribution in [3.05, 3.63) is 78.0 Å². The van der Waals surface area contributed by atoms with Crippen molar-refractivity contribution < 1.29 is 14.4 Å². The zero-order valence-corrected chi connectivity index (χ0v) is 20.9. The number of Topliss-reactive ketones (excluding diaryl/α,β-unsaturated/α-hetero) is 1. The molecule has 1 fully saturated rings. The maximum absolute atomic E-state index is 13.2. The first kappa shape index (κ1) is 25.5. The Morgan fingerprint density at radius 2 is 1.78 bits per heavy atom. The van der Waals surface area contributed by atoms with Crippen molar-refractivity contribution in [2.24, 2.45) is 5.92 Å². The van der Waals surface area contributed by atoms with Crippen molar-refractivity contribution in [1.29, 1.82) is 0 Å². The fourth-order valence-electron chi connectivity index (χ4n) is 4.62. The minimum Gasteiger partial charge on any atom is -0.344 e. The number of ketones is 1. The van der Waals surface area contributed by atoms with Crippen LogP contribution in [0.25, 0.3) is 10.9 Å². The number of nitrogens with one attached hydrogen (secondary N) is 2. The Balaban J connectivity index is 1.40. The van der Waals surface area contributed by atoms with Gasteiger partial charge in [-0.3, -0.25) is 19.3 Å². The highest BCUT2D eigenvalue weighted by Crippen LogP contribution is 2.15. The molecule has 2 atom stereocenters. The van der Waals surface area contributed by atoms with Crippen LogP contribution in [0.15, 0.2) is 66.7 Å². The predicted molar refractivity (Wildman–Crippen MR) is 140 cm³/mol.